The Balaban J connectivity index is 1.69. The highest BCUT2D eigenvalue weighted by Gasteiger charge is 2.52. The van der Waals surface area contributed by atoms with Crippen LogP contribution in [0.1, 0.15) is 57.1 Å². The topological polar surface area (TPSA) is 25.8 Å². The monoisotopic (exact) mass is 390 g/mol. The second-order valence-electron chi connectivity index (χ2n) is 8.49. The van der Waals surface area contributed by atoms with Crippen molar-refractivity contribution in [2.75, 3.05) is 0 Å². The summed E-state index contributed by atoms with van der Waals surface area (Å²) in [5.41, 5.74) is 8.20. The Labute approximate surface area is 178 Å². The zero-order valence-corrected chi connectivity index (χ0v) is 17.4. The molecule has 0 aliphatic heterocycles. The van der Waals surface area contributed by atoms with Gasteiger partial charge in [0.1, 0.15) is 0 Å². The minimum absolute atomic E-state index is 0.412. The molecule has 2 heteroatoms. The quantitative estimate of drug-likeness (QED) is 0.395. The van der Waals surface area contributed by atoms with Crippen molar-refractivity contribution in [2.45, 2.75) is 37.5 Å². The van der Waals surface area contributed by atoms with Crippen LogP contribution in [0.25, 0.3) is 0 Å². The molecule has 2 heterocycles. The number of hydrogen-bond acceptors (Lipinski definition) is 2. The third-order valence-electron chi connectivity index (χ3n) is 6.58. The first-order valence-corrected chi connectivity index (χ1v) is 10.7. The van der Waals surface area contributed by atoms with Crippen LogP contribution in [0.5, 0.6) is 0 Å². The minimum Gasteiger partial charge on any atom is -0.265 e. The number of hydrogen-bond donors (Lipinski definition) is 0. The molecule has 5 rings (SSSR count). The van der Waals surface area contributed by atoms with Gasteiger partial charge in [0.05, 0.1) is 0 Å². The molecule has 30 heavy (non-hydrogen) atoms. The lowest BCUT2D eigenvalue weighted by atomic mass is 9.49. The predicted octanol–water partition coefficient (Wildman–Crippen LogP) is 6.54. The molecular formula is C28H26N2. The van der Waals surface area contributed by atoms with E-state index in [1.165, 1.54) is 33.4 Å². The summed E-state index contributed by atoms with van der Waals surface area (Å²) >= 11 is 0. The van der Waals surface area contributed by atoms with Crippen molar-refractivity contribution < 1.29 is 0 Å². The van der Waals surface area contributed by atoms with Crippen molar-refractivity contribution in [3.63, 3.8) is 0 Å². The zero-order valence-electron chi connectivity index (χ0n) is 17.4. The van der Waals surface area contributed by atoms with Gasteiger partial charge in [-0.3, -0.25) is 9.97 Å². The zero-order chi connectivity index (χ0) is 20.5. The average molecular weight is 391 g/mol. The highest BCUT2D eigenvalue weighted by Crippen LogP contribution is 2.66. The lowest BCUT2D eigenvalue weighted by molar-refractivity contribution is 0.228. The second kappa shape index (κ2) is 7.87. The van der Waals surface area contributed by atoms with Crippen molar-refractivity contribution >= 4 is 0 Å². The number of aryl methyl sites for hydroxylation is 2. The summed E-state index contributed by atoms with van der Waals surface area (Å²) in [4.78, 5) is 8.56. The van der Waals surface area contributed by atoms with Crippen molar-refractivity contribution in [3.05, 3.63) is 131 Å². The van der Waals surface area contributed by atoms with Crippen molar-refractivity contribution in [1.29, 1.82) is 0 Å². The van der Waals surface area contributed by atoms with Gasteiger partial charge in [-0.15, -0.1) is 0 Å². The summed E-state index contributed by atoms with van der Waals surface area (Å²) in [6.07, 6.45) is 7.71. The summed E-state index contributed by atoms with van der Waals surface area (Å²) in [6.45, 7) is 4.37. The smallest absolute Gasteiger partial charge is 0.0270 e. The minimum atomic E-state index is 0.412. The van der Waals surface area contributed by atoms with E-state index in [9.17, 15) is 0 Å². The highest BCUT2D eigenvalue weighted by molar-refractivity contribution is 5.48. The van der Waals surface area contributed by atoms with Crippen LogP contribution in [0.2, 0.25) is 0 Å². The molecule has 0 unspecified atom stereocenters. The van der Waals surface area contributed by atoms with Crippen molar-refractivity contribution in [3.8, 4) is 0 Å². The van der Waals surface area contributed by atoms with Gasteiger partial charge in [-0.05, 0) is 84.0 Å². The van der Waals surface area contributed by atoms with Gasteiger partial charge in [0.15, 0.2) is 0 Å². The summed E-state index contributed by atoms with van der Waals surface area (Å²) in [5.74, 6) is 1.66. The molecule has 1 aliphatic rings. The Hall–Kier alpha value is -3.26. The van der Waals surface area contributed by atoms with Gasteiger partial charge in [-0.1, -0.05) is 59.7 Å². The van der Waals surface area contributed by atoms with E-state index in [1.807, 2.05) is 24.8 Å². The maximum atomic E-state index is 4.28. The van der Waals surface area contributed by atoms with E-state index in [0.29, 0.717) is 23.7 Å². The molecule has 0 N–H and O–H groups in total. The SMILES string of the molecule is Cc1cccc(C2C(c3ccncc3)C(c3cccc(C)c3)C2c2ccncc2)c1. The third kappa shape index (κ3) is 3.33. The lowest BCUT2D eigenvalue weighted by Gasteiger charge is -2.54. The first-order valence-electron chi connectivity index (χ1n) is 10.7. The van der Waals surface area contributed by atoms with Crippen LogP contribution in [0.3, 0.4) is 0 Å². The molecule has 2 aromatic heterocycles. The number of benzene rings is 2. The molecule has 2 aromatic carbocycles. The number of nitrogens with zero attached hydrogens (tertiary/aromatic N) is 2. The van der Waals surface area contributed by atoms with E-state index >= 15 is 0 Å². The van der Waals surface area contributed by atoms with Crippen molar-refractivity contribution in [1.82, 2.24) is 9.97 Å². The van der Waals surface area contributed by atoms with Crippen LogP contribution in [0.15, 0.2) is 97.6 Å². The summed E-state index contributed by atoms with van der Waals surface area (Å²) in [5, 5.41) is 0. The Morgan fingerprint density at radius 1 is 0.467 bits per heavy atom. The van der Waals surface area contributed by atoms with Gasteiger partial charge in [0.2, 0.25) is 0 Å². The largest absolute Gasteiger partial charge is 0.265 e. The van der Waals surface area contributed by atoms with E-state index < -0.39 is 0 Å². The maximum Gasteiger partial charge on any atom is 0.0270 e. The number of pyridine rings is 2. The van der Waals surface area contributed by atoms with Gasteiger partial charge < -0.3 is 0 Å². The normalized spacial score (nSPS) is 23.0. The molecule has 0 radical (unpaired) electrons. The maximum absolute atomic E-state index is 4.28. The fourth-order valence-electron chi connectivity index (χ4n) is 5.33. The van der Waals surface area contributed by atoms with Crippen LogP contribution < -0.4 is 0 Å². The molecule has 2 nitrogen and oxygen atoms in total. The van der Waals surface area contributed by atoms with Gasteiger partial charge in [0.25, 0.3) is 0 Å². The van der Waals surface area contributed by atoms with Gasteiger partial charge >= 0.3 is 0 Å². The fourth-order valence-corrected chi connectivity index (χ4v) is 5.33. The molecule has 0 bridgehead atoms. The molecule has 0 saturated heterocycles. The Morgan fingerprint density at radius 2 is 0.833 bits per heavy atom. The Morgan fingerprint density at radius 3 is 1.20 bits per heavy atom. The third-order valence-corrected chi connectivity index (χ3v) is 6.58. The van der Waals surface area contributed by atoms with Gasteiger partial charge in [0, 0.05) is 24.8 Å². The predicted molar refractivity (Wildman–Crippen MR) is 122 cm³/mol. The summed E-state index contributed by atoms with van der Waals surface area (Å²) < 4.78 is 0. The Bertz CT molecular complexity index is 1040. The standard InChI is InChI=1S/C28H26N2/c1-19-5-3-7-23(17-19)27-25(21-9-13-29-14-10-21)28(24-8-4-6-20(2)18-24)26(27)22-11-15-30-16-12-22/h3-18,25-28H,1-2H3. The molecule has 0 spiro atoms. The van der Waals surface area contributed by atoms with Gasteiger partial charge in [-0.2, -0.15) is 0 Å². The Kier molecular flexibility index (Phi) is 4.92. The number of rotatable bonds is 4. The molecular weight excluding hydrogens is 364 g/mol. The van der Waals surface area contributed by atoms with Crippen LogP contribution >= 0.6 is 0 Å². The number of aromatic nitrogens is 2. The fraction of sp³-hybridized carbons (Fsp3) is 0.214. The van der Waals surface area contributed by atoms with E-state index in [1.54, 1.807) is 0 Å². The molecule has 148 valence electrons. The first-order chi connectivity index (χ1) is 14.7. The molecule has 1 fully saturated rings. The van der Waals surface area contributed by atoms with Crippen LogP contribution in [0.4, 0.5) is 0 Å². The average Bonchev–Trinajstić information content (AvgIpc) is 2.75. The van der Waals surface area contributed by atoms with Crippen molar-refractivity contribution in [2.24, 2.45) is 0 Å². The molecule has 0 atom stereocenters. The van der Waals surface area contributed by atoms with E-state index in [0.717, 1.165) is 0 Å². The van der Waals surface area contributed by atoms with Gasteiger partial charge in [-0.25, -0.2) is 0 Å². The van der Waals surface area contributed by atoms with Crippen LogP contribution in [-0.4, -0.2) is 9.97 Å². The van der Waals surface area contributed by atoms with E-state index in [-0.39, 0.29) is 0 Å². The first kappa shape index (κ1) is 18.7. The van der Waals surface area contributed by atoms with E-state index in [2.05, 4.69) is 96.6 Å². The highest BCUT2D eigenvalue weighted by atomic mass is 14.6. The second-order valence-corrected chi connectivity index (χ2v) is 8.49. The molecule has 1 aliphatic carbocycles. The molecule has 0 amide bonds. The molecule has 1 saturated carbocycles. The summed E-state index contributed by atoms with van der Waals surface area (Å²) in [6, 6.07) is 26.8. The van der Waals surface area contributed by atoms with Crippen LogP contribution in [-0.2, 0) is 0 Å². The van der Waals surface area contributed by atoms with Crippen LogP contribution in [0, 0.1) is 13.8 Å². The molecule has 4 aromatic rings. The summed E-state index contributed by atoms with van der Waals surface area (Å²) in [7, 11) is 0. The lowest BCUT2D eigenvalue weighted by Crippen LogP contribution is -2.40. The van der Waals surface area contributed by atoms with E-state index in [4.69, 9.17) is 0 Å².